The molecule has 2 aromatic carbocycles. The van der Waals surface area contributed by atoms with Gasteiger partial charge in [0.25, 0.3) is 0 Å². The van der Waals surface area contributed by atoms with Gasteiger partial charge < -0.3 is 9.67 Å². The Hall–Kier alpha value is -2.92. The summed E-state index contributed by atoms with van der Waals surface area (Å²) in [5.74, 6) is -0.152. The molecule has 0 aliphatic carbocycles. The monoisotopic (exact) mass is 393 g/mol. The molecule has 1 N–H and O–H groups in total. The van der Waals surface area contributed by atoms with Crippen molar-refractivity contribution in [2.24, 2.45) is 0 Å². The highest BCUT2D eigenvalue weighted by Crippen LogP contribution is 2.31. The van der Waals surface area contributed by atoms with Gasteiger partial charge in [0, 0.05) is 33.5 Å². The standard InChI is InChI=1S/C23H20FNO2S/c1-15-23(22(27)10-7-16-4-2-5-17(24)12-16)20-13-18(26)8-9-21(20)25(15)14-19-6-3-11-28-19/h2-6,8-9,11-13,26H,7,10,14H2,1H3. The van der Waals surface area contributed by atoms with Gasteiger partial charge in [-0.2, -0.15) is 0 Å². The second kappa shape index (κ2) is 7.60. The molecule has 0 spiro atoms. The lowest BCUT2D eigenvalue weighted by atomic mass is 10.0. The van der Waals surface area contributed by atoms with E-state index < -0.39 is 0 Å². The minimum absolute atomic E-state index is 0.00212. The van der Waals surface area contributed by atoms with Crippen LogP contribution in [0.3, 0.4) is 0 Å². The van der Waals surface area contributed by atoms with Crippen molar-refractivity contribution < 1.29 is 14.3 Å². The second-order valence-corrected chi connectivity index (χ2v) is 7.91. The summed E-state index contributed by atoms with van der Waals surface area (Å²) in [7, 11) is 0. The number of hydrogen-bond donors (Lipinski definition) is 1. The van der Waals surface area contributed by atoms with Gasteiger partial charge in [-0.05, 0) is 60.7 Å². The number of phenols is 1. The molecule has 0 atom stereocenters. The predicted octanol–water partition coefficient (Wildman–Crippen LogP) is 5.72. The molecule has 2 aromatic heterocycles. The van der Waals surface area contributed by atoms with Gasteiger partial charge in [0.1, 0.15) is 11.6 Å². The summed E-state index contributed by atoms with van der Waals surface area (Å²) in [6, 6.07) is 15.6. The SMILES string of the molecule is Cc1c(C(=O)CCc2cccc(F)c2)c2cc(O)ccc2n1Cc1cccs1. The van der Waals surface area contributed by atoms with Crippen LogP contribution in [0.25, 0.3) is 10.9 Å². The van der Waals surface area contributed by atoms with Crippen LogP contribution in [0, 0.1) is 12.7 Å². The average molecular weight is 393 g/mol. The number of benzene rings is 2. The van der Waals surface area contributed by atoms with Crippen molar-refractivity contribution in [3.05, 3.63) is 87.5 Å². The topological polar surface area (TPSA) is 42.2 Å². The van der Waals surface area contributed by atoms with E-state index in [1.165, 1.54) is 17.0 Å². The molecule has 0 amide bonds. The van der Waals surface area contributed by atoms with Gasteiger partial charge in [-0.15, -0.1) is 11.3 Å². The van der Waals surface area contributed by atoms with Crippen molar-refractivity contribution in [1.29, 1.82) is 0 Å². The molecule has 142 valence electrons. The van der Waals surface area contributed by atoms with E-state index in [4.69, 9.17) is 0 Å². The van der Waals surface area contributed by atoms with E-state index in [1.54, 1.807) is 29.5 Å². The Labute approximate surface area is 166 Å². The lowest BCUT2D eigenvalue weighted by Gasteiger charge is -2.07. The molecule has 5 heteroatoms. The maximum Gasteiger partial charge on any atom is 0.165 e. The summed E-state index contributed by atoms with van der Waals surface area (Å²) in [6.45, 7) is 2.63. The van der Waals surface area contributed by atoms with Crippen molar-refractivity contribution in [3.63, 3.8) is 0 Å². The molecule has 0 bridgehead atoms. The summed E-state index contributed by atoms with van der Waals surface area (Å²) < 4.78 is 15.5. The summed E-state index contributed by atoms with van der Waals surface area (Å²) in [4.78, 5) is 14.3. The van der Waals surface area contributed by atoms with E-state index in [0.29, 0.717) is 18.5 Å². The second-order valence-electron chi connectivity index (χ2n) is 6.88. The number of phenolic OH excluding ortho intramolecular Hbond substituents is 1. The Morgan fingerprint density at radius 1 is 1.14 bits per heavy atom. The van der Waals surface area contributed by atoms with Crippen molar-refractivity contribution in [3.8, 4) is 5.75 Å². The zero-order valence-corrected chi connectivity index (χ0v) is 16.3. The molecule has 0 aliphatic heterocycles. The highest BCUT2D eigenvalue weighted by atomic mass is 32.1. The molecule has 4 rings (SSSR count). The van der Waals surface area contributed by atoms with Gasteiger partial charge in [-0.25, -0.2) is 4.39 Å². The Morgan fingerprint density at radius 3 is 2.75 bits per heavy atom. The number of fused-ring (bicyclic) bond motifs is 1. The zero-order valence-electron chi connectivity index (χ0n) is 15.5. The van der Waals surface area contributed by atoms with Crippen LogP contribution in [-0.2, 0) is 13.0 Å². The van der Waals surface area contributed by atoms with Crippen LogP contribution >= 0.6 is 11.3 Å². The van der Waals surface area contributed by atoms with E-state index in [2.05, 4.69) is 10.6 Å². The Bertz CT molecular complexity index is 1150. The molecule has 28 heavy (non-hydrogen) atoms. The fraction of sp³-hybridized carbons (Fsp3) is 0.174. The lowest BCUT2D eigenvalue weighted by molar-refractivity contribution is 0.0983. The van der Waals surface area contributed by atoms with Gasteiger partial charge in [0.05, 0.1) is 6.54 Å². The first kappa shape index (κ1) is 18.4. The van der Waals surface area contributed by atoms with Crippen molar-refractivity contribution in [2.75, 3.05) is 0 Å². The van der Waals surface area contributed by atoms with E-state index >= 15 is 0 Å². The van der Waals surface area contributed by atoms with Crippen molar-refractivity contribution >= 4 is 28.0 Å². The van der Waals surface area contributed by atoms with Crippen LogP contribution in [0.4, 0.5) is 4.39 Å². The number of ketones is 1. The smallest absolute Gasteiger partial charge is 0.165 e. The van der Waals surface area contributed by atoms with Crippen LogP contribution in [0.5, 0.6) is 5.75 Å². The van der Waals surface area contributed by atoms with Gasteiger partial charge >= 0.3 is 0 Å². The fourth-order valence-electron chi connectivity index (χ4n) is 3.66. The number of carbonyl (C=O) groups is 1. The molecule has 4 aromatic rings. The molecule has 0 saturated carbocycles. The van der Waals surface area contributed by atoms with Crippen LogP contribution in [0.2, 0.25) is 0 Å². The lowest BCUT2D eigenvalue weighted by Crippen LogP contribution is -2.06. The predicted molar refractivity (Wildman–Crippen MR) is 111 cm³/mol. The number of aromatic nitrogens is 1. The minimum Gasteiger partial charge on any atom is -0.508 e. The molecule has 0 unspecified atom stereocenters. The number of carbonyl (C=O) groups excluding carboxylic acids is 1. The number of halogens is 1. The molecule has 2 heterocycles. The number of aromatic hydroxyl groups is 1. The number of Topliss-reactive ketones (excluding diaryl/α,β-unsaturated/α-hetero) is 1. The Balaban J connectivity index is 1.70. The largest absolute Gasteiger partial charge is 0.508 e. The van der Waals surface area contributed by atoms with Gasteiger partial charge in [0.15, 0.2) is 5.78 Å². The first-order valence-corrected chi connectivity index (χ1v) is 10.0. The number of thiophene rings is 1. The summed E-state index contributed by atoms with van der Waals surface area (Å²) in [5.41, 5.74) is 3.26. The fourth-order valence-corrected chi connectivity index (χ4v) is 4.35. The van der Waals surface area contributed by atoms with Crippen LogP contribution in [-0.4, -0.2) is 15.5 Å². The van der Waals surface area contributed by atoms with E-state index in [9.17, 15) is 14.3 Å². The summed E-state index contributed by atoms with van der Waals surface area (Å²) in [5, 5.41) is 12.8. The van der Waals surface area contributed by atoms with E-state index in [1.807, 2.05) is 30.5 Å². The van der Waals surface area contributed by atoms with Crippen LogP contribution in [0.1, 0.15) is 32.9 Å². The number of rotatable bonds is 6. The molecule has 0 fully saturated rings. The van der Waals surface area contributed by atoms with Gasteiger partial charge in [0.2, 0.25) is 0 Å². The first-order chi connectivity index (χ1) is 13.5. The molecule has 0 radical (unpaired) electrons. The molecule has 0 saturated heterocycles. The third kappa shape index (κ3) is 3.58. The van der Waals surface area contributed by atoms with Crippen molar-refractivity contribution in [1.82, 2.24) is 4.57 Å². The van der Waals surface area contributed by atoms with Crippen LogP contribution in [0.15, 0.2) is 60.0 Å². The summed E-state index contributed by atoms with van der Waals surface area (Å²) in [6.07, 6.45) is 0.768. The molecule has 0 aliphatic rings. The average Bonchev–Trinajstić information content (AvgIpc) is 3.27. The number of nitrogens with zero attached hydrogens (tertiary/aromatic N) is 1. The Kier molecular flexibility index (Phi) is 5.01. The first-order valence-electron chi connectivity index (χ1n) is 9.15. The number of aryl methyl sites for hydroxylation is 1. The zero-order chi connectivity index (χ0) is 19.7. The third-order valence-electron chi connectivity index (χ3n) is 5.01. The van der Waals surface area contributed by atoms with E-state index in [0.717, 1.165) is 22.2 Å². The molecular formula is C23H20FNO2S. The normalized spacial score (nSPS) is 11.2. The maximum atomic E-state index is 13.4. The molecule has 3 nitrogen and oxygen atoms in total. The van der Waals surface area contributed by atoms with E-state index in [-0.39, 0.29) is 23.8 Å². The van der Waals surface area contributed by atoms with Crippen LogP contribution < -0.4 is 0 Å². The molecular weight excluding hydrogens is 373 g/mol. The van der Waals surface area contributed by atoms with Gasteiger partial charge in [-0.1, -0.05) is 18.2 Å². The summed E-state index contributed by atoms with van der Waals surface area (Å²) >= 11 is 1.67. The Morgan fingerprint density at radius 2 is 2.00 bits per heavy atom. The van der Waals surface area contributed by atoms with Gasteiger partial charge in [-0.3, -0.25) is 4.79 Å². The number of hydrogen-bond acceptors (Lipinski definition) is 3. The highest BCUT2D eigenvalue weighted by Gasteiger charge is 2.20. The quantitative estimate of drug-likeness (QED) is 0.426. The van der Waals surface area contributed by atoms with Crippen molar-refractivity contribution in [2.45, 2.75) is 26.3 Å². The maximum absolute atomic E-state index is 13.4. The third-order valence-corrected chi connectivity index (χ3v) is 5.87. The minimum atomic E-state index is -0.293. The highest BCUT2D eigenvalue weighted by molar-refractivity contribution is 7.09.